The quantitative estimate of drug-likeness (QED) is 0.605. The highest BCUT2D eigenvalue weighted by Crippen LogP contribution is 2.26. The zero-order valence-corrected chi connectivity index (χ0v) is 10.4. The summed E-state index contributed by atoms with van der Waals surface area (Å²) in [5.41, 5.74) is 2.41. The average Bonchev–Trinajstić information content (AvgIpc) is 3.18. The number of H-pyrrole nitrogens is 1. The first-order chi connectivity index (χ1) is 9.40. The number of aromatic amines is 1. The maximum absolute atomic E-state index is 5.29. The van der Waals surface area contributed by atoms with E-state index < -0.39 is 0 Å². The van der Waals surface area contributed by atoms with Crippen molar-refractivity contribution in [2.45, 2.75) is 0 Å². The molecule has 92 valence electrons. The van der Waals surface area contributed by atoms with Gasteiger partial charge in [0.2, 0.25) is 5.82 Å². The van der Waals surface area contributed by atoms with Crippen molar-refractivity contribution in [3.05, 3.63) is 35.7 Å². The highest BCUT2D eigenvalue weighted by atomic mass is 32.1. The van der Waals surface area contributed by atoms with Gasteiger partial charge in [0.15, 0.2) is 0 Å². The van der Waals surface area contributed by atoms with Crippen molar-refractivity contribution < 1.29 is 4.52 Å². The molecule has 0 fully saturated rings. The molecule has 0 aliphatic carbocycles. The number of hydrogen-bond donors (Lipinski definition) is 1. The molecule has 4 aromatic rings. The van der Waals surface area contributed by atoms with Crippen LogP contribution in [0.4, 0.5) is 0 Å². The van der Waals surface area contributed by atoms with Crippen LogP contribution in [0.15, 0.2) is 40.2 Å². The molecule has 0 saturated heterocycles. The van der Waals surface area contributed by atoms with Crippen molar-refractivity contribution >= 4 is 22.4 Å². The molecular formula is C12H7N5OS. The number of hydrogen-bond acceptors (Lipinski definition) is 6. The zero-order chi connectivity index (χ0) is 12.7. The van der Waals surface area contributed by atoms with Crippen LogP contribution in [-0.2, 0) is 0 Å². The Bertz CT molecular complexity index is 833. The molecule has 6 nitrogen and oxygen atoms in total. The predicted octanol–water partition coefficient (Wildman–Crippen LogP) is 2.74. The van der Waals surface area contributed by atoms with Gasteiger partial charge in [-0.1, -0.05) is 11.2 Å². The molecule has 1 N–H and O–H groups in total. The monoisotopic (exact) mass is 269 g/mol. The Hall–Kier alpha value is -2.54. The van der Waals surface area contributed by atoms with Crippen LogP contribution >= 0.6 is 11.3 Å². The number of fused-ring (bicyclic) bond motifs is 1. The minimum Gasteiger partial charge on any atom is -0.334 e. The SMILES string of the molecule is c1csc(-c2noc(-c3ccc4n[nH]nc4c3)n2)c1. The first-order valence-electron chi connectivity index (χ1n) is 5.59. The van der Waals surface area contributed by atoms with Crippen molar-refractivity contribution in [1.82, 2.24) is 25.6 Å². The highest BCUT2D eigenvalue weighted by Gasteiger charge is 2.12. The minimum absolute atomic E-state index is 0.480. The van der Waals surface area contributed by atoms with Gasteiger partial charge >= 0.3 is 0 Å². The van der Waals surface area contributed by atoms with E-state index in [1.54, 1.807) is 11.3 Å². The van der Waals surface area contributed by atoms with E-state index in [0.717, 1.165) is 21.5 Å². The molecule has 4 rings (SSSR count). The fraction of sp³-hybridized carbons (Fsp3) is 0. The summed E-state index contributed by atoms with van der Waals surface area (Å²) in [4.78, 5) is 5.37. The number of nitrogens with zero attached hydrogens (tertiary/aromatic N) is 4. The van der Waals surface area contributed by atoms with Gasteiger partial charge in [-0.2, -0.15) is 20.4 Å². The van der Waals surface area contributed by atoms with Crippen LogP contribution in [0.1, 0.15) is 0 Å². The number of benzene rings is 1. The van der Waals surface area contributed by atoms with E-state index in [4.69, 9.17) is 4.52 Å². The average molecular weight is 269 g/mol. The van der Waals surface area contributed by atoms with Gasteiger partial charge in [-0.25, -0.2) is 0 Å². The lowest BCUT2D eigenvalue weighted by molar-refractivity contribution is 0.432. The van der Waals surface area contributed by atoms with E-state index >= 15 is 0 Å². The zero-order valence-electron chi connectivity index (χ0n) is 9.57. The molecule has 0 aliphatic heterocycles. The molecular weight excluding hydrogens is 262 g/mol. The van der Waals surface area contributed by atoms with Crippen LogP contribution < -0.4 is 0 Å². The molecule has 0 amide bonds. The summed E-state index contributed by atoms with van der Waals surface area (Å²) in [6, 6.07) is 9.53. The molecule has 0 radical (unpaired) electrons. The third-order valence-corrected chi connectivity index (χ3v) is 3.60. The summed E-state index contributed by atoms with van der Waals surface area (Å²) in [7, 11) is 0. The molecule has 0 bridgehead atoms. The van der Waals surface area contributed by atoms with Gasteiger partial charge in [0.05, 0.1) is 4.88 Å². The van der Waals surface area contributed by atoms with Crippen LogP contribution in [0.5, 0.6) is 0 Å². The topological polar surface area (TPSA) is 80.5 Å². The van der Waals surface area contributed by atoms with Gasteiger partial charge < -0.3 is 4.52 Å². The van der Waals surface area contributed by atoms with Gasteiger partial charge in [-0.15, -0.1) is 11.3 Å². The second-order valence-corrected chi connectivity index (χ2v) is 4.88. The summed E-state index contributed by atoms with van der Waals surface area (Å²) < 4.78 is 5.29. The summed E-state index contributed by atoms with van der Waals surface area (Å²) in [6.45, 7) is 0. The van der Waals surface area contributed by atoms with Crippen LogP contribution in [-0.4, -0.2) is 25.6 Å². The molecule has 3 aromatic heterocycles. The fourth-order valence-electron chi connectivity index (χ4n) is 1.82. The van der Waals surface area contributed by atoms with Gasteiger partial charge in [-0.05, 0) is 29.6 Å². The maximum Gasteiger partial charge on any atom is 0.258 e. The lowest BCUT2D eigenvalue weighted by atomic mass is 10.2. The van der Waals surface area contributed by atoms with E-state index in [-0.39, 0.29) is 0 Å². The summed E-state index contributed by atoms with van der Waals surface area (Å²) in [6.07, 6.45) is 0. The van der Waals surface area contributed by atoms with Crippen molar-refractivity contribution in [2.75, 3.05) is 0 Å². The van der Waals surface area contributed by atoms with Crippen molar-refractivity contribution in [1.29, 1.82) is 0 Å². The van der Waals surface area contributed by atoms with Gasteiger partial charge in [-0.3, -0.25) is 0 Å². The van der Waals surface area contributed by atoms with Gasteiger partial charge in [0.1, 0.15) is 11.0 Å². The van der Waals surface area contributed by atoms with E-state index in [0.29, 0.717) is 11.7 Å². The number of rotatable bonds is 2. The normalized spacial score (nSPS) is 11.2. The lowest BCUT2D eigenvalue weighted by Crippen LogP contribution is -1.79. The highest BCUT2D eigenvalue weighted by molar-refractivity contribution is 7.13. The molecule has 0 unspecified atom stereocenters. The minimum atomic E-state index is 0.480. The largest absolute Gasteiger partial charge is 0.334 e. The van der Waals surface area contributed by atoms with Crippen molar-refractivity contribution in [3.63, 3.8) is 0 Å². The van der Waals surface area contributed by atoms with E-state index in [1.165, 1.54) is 0 Å². The molecule has 0 saturated carbocycles. The summed E-state index contributed by atoms with van der Waals surface area (Å²) in [5.74, 6) is 1.08. The van der Waals surface area contributed by atoms with Crippen LogP contribution in [0.2, 0.25) is 0 Å². The Kier molecular flexibility index (Phi) is 2.18. The third kappa shape index (κ3) is 1.71. The maximum atomic E-state index is 5.29. The Morgan fingerprint density at radius 3 is 2.95 bits per heavy atom. The molecule has 7 heteroatoms. The first-order valence-corrected chi connectivity index (χ1v) is 6.46. The molecule has 1 aromatic carbocycles. The molecule has 0 atom stereocenters. The molecule has 3 heterocycles. The third-order valence-electron chi connectivity index (χ3n) is 2.73. The lowest BCUT2D eigenvalue weighted by Gasteiger charge is -1.92. The molecule has 0 spiro atoms. The van der Waals surface area contributed by atoms with Gasteiger partial charge in [0.25, 0.3) is 5.89 Å². The Morgan fingerprint density at radius 1 is 1.11 bits per heavy atom. The van der Waals surface area contributed by atoms with Crippen molar-refractivity contribution in [3.8, 4) is 22.2 Å². The Labute approximate surface area is 111 Å². The standard InChI is InChI=1S/C12H7N5OS/c1-2-10(19-5-1)11-13-12(18-16-11)7-3-4-8-9(6-7)15-17-14-8/h1-6H,(H,14,15,17). The smallest absolute Gasteiger partial charge is 0.258 e. The first kappa shape index (κ1) is 10.4. The second-order valence-electron chi connectivity index (χ2n) is 3.93. The fourth-order valence-corrected chi connectivity index (χ4v) is 2.47. The summed E-state index contributed by atoms with van der Waals surface area (Å²) in [5, 5.41) is 16.6. The van der Waals surface area contributed by atoms with E-state index in [9.17, 15) is 0 Å². The predicted molar refractivity (Wildman–Crippen MR) is 70.5 cm³/mol. The number of aromatic nitrogens is 5. The van der Waals surface area contributed by atoms with E-state index in [1.807, 2.05) is 35.7 Å². The van der Waals surface area contributed by atoms with Crippen LogP contribution in [0, 0.1) is 0 Å². The van der Waals surface area contributed by atoms with Crippen LogP contribution in [0.3, 0.4) is 0 Å². The van der Waals surface area contributed by atoms with Gasteiger partial charge in [0, 0.05) is 5.56 Å². The Balaban J connectivity index is 1.79. The summed E-state index contributed by atoms with van der Waals surface area (Å²) >= 11 is 1.58. The van der Waals surface area contributed by atoms with E-state index in [2.05, 4.69) is 25.6 Å². The molecule has 19 heavy (non-hydrogen) atoms. The van der Waals surface area contributed by atoms with Crippen LogP contribution in [0.25, 0.3) is 33.2 Å². The number of nitrogens with one attached hydrogen (secondary N) is 1. The van der Waals surface area contributed by atoms with Crippen molar-refractivity contribution in [2.24, 2.45) is 0 Å². The second kappa shape index (κ2) is 3.99. The molecule has 0 aliphatic rings. The Morgan fingerprint density at radius 2 is 2.05 bits per heavy atom. The number of thiophene rings is 1.